The first-order chi connectivity index (χ1) is 10.4. The minimum atomic E-state index is -0.262. The van der Waals surface area contributed by atoms with E-state index in [1.807, 2.05) is 6.07 Å². The van der Waals surface area contributed by atoms with Crippen LogP contribution in [0.5, 0.6) is 11.5 Å². The van der Waals surface area contributed by atoms with Gasteiger partial charge in [0, 0.05) is 5.92 Å². The van der Waals surface area contributed by atoms with Gasteiger partial charge in [0.25, 0.3) is 0 Å². The Morgan fingerprint density at radius 1 is 1.50 bits per heavy atom. The summed E-state index contributed by atoms with van der Waals surface area (Å²) in [6, 6.07) is 5.12. The minimum Gasteiger partial charge on any atom is -0.493 e. The smallest absolute Gasteiger partial charge is 0.181 e. The highest BCUT2D eigenvalue weighted by molar-refractivity contribution is 6.32. The quantitative estimate of drug-likeness (QED) is 0.458. The fraction of sp³-hybridized carbons (Fsp3) is 0.294. The second-order valence-electron chi connectivity index (χ2n) is 4.72. The summed E-state index contributed by atoms with van der Waals surface area (Å²) in [5.41, 5.74) is 0.630. The van der Waals surface area contributed by atoms with Gasteiger partial charge in [0.05, 0.1) is 17.7 Å². The Balaban J connectivity index is 3.28. The summed E-state index contributed by atoms with van der Waals surface area (Å²) < 4.78 is 10.5. The van der Waals surface area contributed by atoms with Gasteiger partial charge in [-0.2, -0.15) is 5.26 Å². The predicted octanol–water partition coefficient (Wildman–Crippen LogP) is 3.49. The topological polar surface area (TPSA) is 59.3 Å². The molecule has 0 spiro atoms. The summed E-state index contributed by atoms with van der Waals surface area (Å²) in [6.45, 7) is 3.52. The highest BCUT2D eigenvalue weighted by atomic mass is 35.5. The molecule has 0 fully saturated rings. The molecule has 0 bridgehead atoms. The van der Waals surface area contributed by atoms with Crippen molar-refractivity contribution in [2.75, 3.05) is 13.7 Å². The zero-order valence-electron chi connectivity index (χ0n) is 12.6. The molecule has 22 heavy (non-hydrogen) atoms. The van der Waals surface area contributed by atoms with Crippen LogP contribution in [0.15, 0.2) is 17.7 Å². The van der Waals surface area contributed by atoms with E-state index >= 15 is 0 Å². The fourth-order valence-electron chi connectivity index (χ4n) is 1.71. The van der Waals surface area contributed by atoms with Crippen LogP contribution in [0.25, 0.3) is 6.08 Å². The Hall–Kier alpha value is -2.43. The van der Waals surface area contributed by atoms with Gasteiger partial charge in [-0.1, -0.05) is 31.4 Å². The molecule has 1 aromatic carbocycles. The molecule has 0 saturated heterocycles. The van der Waals surface area contributed by atoms with Crippen molar-refractivity contribution in [2.24, 2.45) is 5.92 Å². The monoisotopic (exact) mass is 317 g/mol. The second-order valence-corrected chi connectivity index (χ2v) is 5.12. The fourth-order valence-corrected chi connectivity index (χ4v) is 1.99. The number of benzene rings is 1. The SMILES string of the molecule is C#CCOc1c(Cl)cc(/C=C(\C#N)C(=O)C(C)C)cc1OC. The van der Waals surface area contributed by atoms with Crippen LogP contribution >= 0.6 is 11.6 Å². The number of methoxy groups -OCH3 is 1. The molecule has 1 rings (SSSR count). The van der Waals surface area contributed by atoms with Crippen LogP contribution in [0.3, 0.4) is 0 Å². The van der Waals surface area contributed by atoms with E-state index in [0.717, 1.165) is 0 Å². The molecule has 114 valence electrons. The van der Waals surface area contributed by atoms with E-state index in [4.69, 9.17) is 32.8 Å². The third-order valence-corrected chi connectivity index (χ3v) is 3.05. The average molecular weight is 318 g/mol. The zero-order chi connectivity index (χ0) is 16.7. The van der Waals surface area contributed by atoms with Gasteiger partial charge < -0.3 is 9.47 Å². The number of rotatable bonds is 6. The lowest BCUT2D eigenvalue weighted by Gasteiger charge is -2.12. The number of hydrogen-bond donors (Lipinski definition) is 0. The first-order valence-electron chi connectivity index (χ1n) is 6.54. The third-order valence-electron chi connectivity index (χ3n) is 2.77. The van der Waals surface area contributed by atoms with Crippen molar-refractivity contribution in [1.29, 1.82) is 5.26 Å². The van der Waals surface area contributed by atoms with Crippen LogP contribution in [0, 0.1) is 29.6 Å². The van der Waals surface area contributed by atoms with Crippen molar-refractivity contribution in [3.63, 3.8) is 0 Å². The summed E-state index contributed by atoms with van der Waals surface area (Å²) in [5, 5.41) is 9.41. The van der Waals surface area contributed by atoms with Crippen LogP contribution in [0.1, 0.15) is 19.4 Å². The number of allylic oxidation sites excluding steroid dienone is 1. The van der Waals surface area contributed by atoms with Crippen molar-refractivity contribution >= 4 is 23.5 Å². The lowest BCUT2D eigenvalue weighted by Crippen LogP contribution is -2.08. The normalized spacial score (nSPS) is 10.8. The largest absolute Gasteiger partial charge is 0.493 e. The summed E-state index contributed by atoms with van der Waals surface area (Å²) in [5.74, 6) is 2.55. The maximum atomic E-state index is 11.9. The van der Waals surface area contributed by atoms with E-state index in [1.165, 1.54) is 13.2 Å². The van der Waals surface area contributed by atoms with Gasteiger partial charge in [-0.25, -0.2) is 0 Å². The standard InChI is InChI=1S/C17H16ClNO3/c1-5-6-22-17-14(18)8-12(9-15(17)21-4)7-13(10-19)16(20)11(2)3/h1,7-9,11H,6H2,2-4H3/b13-7+. The number of nitriles is 1. The van der Waals surface area contributed by atoms with E-state index in [9.17, 15) is 4.79 Å². The first kappa shape index (κ1) is 17.6. The molecule has 0 aromatic heterocycles. The number of Topliss-reactive ketones (excluding diaryl/α,β-unsaturated/α-hetero) is 1. The molecule has 0 aliphatic carbocycles. The Morgan fingerprint density at radius 3 is 2.68 bits per heavy atom. The zero-order valence-corrected chi connectivity index (χ0v) is 13.4. The molecule has 0 aliphatic rings. The van der Waals surface area contributed by atoms with Gasteiger partial charge in [0.15, 0.2) is 17.3 Å². The summed E-state index contributed by atoms with van der Waals surface area (Å²) in [4.78, 5) is 11.9. The first-order valence-corrected chi connectivity index (χ1v) is 6.92. The molecule has 0 radical (unpaired) electrons. The molecule has 4 nitrogen and oxygen atoms in total. The highest BCUT2D eigenvalue weighted by Crippen LogP contribution is 2.37. The number of hydrogen-bond acceptors (Lipinski definition) is 4. The molecule has 0 aliphatic heterocycles. The minimum absolute atomic E-state index is 0.0561. The molecule has 0 amide bonds. The summed E-state index contributed by atoms with van der Waals surface area (Å²) >= 11 is 6.15. The maximum Gasteiger partial charge on any atom is 0.181 e. The van der Waals surface area contributed by atoms with Crippen molar-refractivity contribution in [3.05, 3.63) is 28.3 Å². The van der Waals surface area contributed by atoms with Crippen LogP contribution in [0.4, 0.5) is 0 Å². The van der Waals surface area contributed by atoms with Gasteiger partial charge in [-0.15, -0.1) is 6.42 Å². The van der Waals surface area contributed by atoms with E-state index in [-0.39, 0.29) is 28.9 Å². The van der Waals surface area contributed by atoms with Crippen molar-refractivity contribution in [3.8, 4) is 29.9 Å². The van der Waals surface area contributed by atoms with Crippen molar-refractivity contribution in [1.82, 2.24) is 0 Å². The van der Waals surface area contributed by atoms with Gasteiger partial charge in [-0.3, -0.25) is 4.79 Å². The molecule has 0 atom stereocenters. The Bertz CT molecular complexity index is 678. The Kier molecular flexibility index (Phi) is 6.50. The van der Waals surface area contributed by atoms with E-state index < -0.39 is 0 Å². The average Bonchev–Trinajstić information content (AvgIpc) is 2.50. The summed E-state index contributed by atoms with van der Waals surface area (Å²) in [7, 11) is 1.46. The molecule has 0 unspecified atom stereocenters. The molecular weight excluding hydrogens is 302 g/mol. The molecule has 5 heteroatoms. The van der Waals surface area contributed by atoms with Gasteiger partial charge in [0.2, 0.25) is 0 Å². The lowest BCUT2D eigenvalue weighted by atomic mass is 10.00. The van der Waals surface area contributed by atoms with E-state index in [0.29, 0.717) is 17.1 Å². The molecule has 0 saturated carbocycles. The van der Waals surface area contributed by atoms with Crippen molar-refractivity contribution < 1.29 is 14.3 Å². The number of halogens is 1. The summed E-state index contributed by atoms with van der Waals surface area (Å²) in [6.07, 6.45) is 6.63. The van der Waals surface area contributed by atoms with E-state index in [1.54, 1.807) is 26.0 Å². The van der Waals surface area contributed by atoms with Gasteiger partial charge in [0.1, 0.15) is 12.7 Å². The number of terminal acetylenes is 1. The van der Waals surface area contributed by atoms with Crippen LogP contribution in [0.2, 0.25) is 5.02 Å². The number of ketones is 1. The Morgan fingerprint density at radius 2 is 2.18 bits per heavy atom. The van der Waals surface area contributed by atoms with Crippen molar-refractivity contribution in [2.45, 2.75) is 13.8 Å². The number of carbonyl (C=O) groups excluding carboxylic acids is 1. The van der Waals surface area contributed by atoms with E-state index in [2.05, 4.69) is 5.92 Å². The molecule has 0 N–H and O–H groups in total. The Labute approximate surface area is 135 Å². The number of nitrogens with zero attached hydrogens (tertiary/aromatic N) is 1. The number of ether oxygens (including phenoxy) is 2. The third kappa shape index (κ3) is 4.28. The van der Waals surface area contributed by atoms with Crippen LogP contribution in [-0.4, -0.2) is 19.5 Å². The van der Waals surface area contributed by atoms with Crippen LogP contribution in [-0.2, 0) is 4.79 Å². The van der Waals surface area contributed by atoms with Crippen LogP contribution < -0.4 is 9.47 Å². The lowest BCUT2D eigenvalue weighted by molar-refractivity contribution is -0.117. The predicted molar refractivity (Wildman–Crippen MR) is 85.8 cm³/mol. The molecule has 0 heterocycles. The van der Waals surface area contributed by atoms with Gasteiger partial charge >= 0.3 is 0 Å². The molecule has 1 aromatic rings. The number of carbonyl (C=O) groups is 1. The maximum absolute atomic E-state index is 11.9. The molecular formula is C17H16ClNO3. The highest BCUT2D eigenvalue weighted by Gasteiger charge is 2.15. The second kappa shape index (κ2) is 8.12. The van der Waals surface area contributed by atoms with Gasteiger partial charge in [-0.05, 0) is 23.8 Å².